The van der Waals surface area contributed by atoms with Crippen molar-refractivity contribution in [1.82, 2.24) is 4.90 Å². The summed E-state index contributed by atoms with van der Waals surface area (Å²) in [5, 5.41) is 1.58. The zero-order chi connectivity index (χ0) is 7.11. The normalized spacial score (nSPS) is 10.9. The predicted molar refractivity (Wildman–Crippen MR) is 45.6 cm³/mol. The monoisotopic (exact) mass is 141 g/mol. The van der Waals surface area contributed by atoms with Gasteiger partial charge in [0.2, 0.25) is 0 Å². The molecule has 0 aliphatic rings. The van der Waals surface area contributed by atoms with Gasteiger partial charge in [-0.1, -0.05) is 24.4 Å². The predicted octanol–water partition coefficient (Wildman–Crippen LogP) is 1.62. The van der Waals surface area contributed by atoms with Crippen molar-refractivity contribution in [3.05, 3.63) is 24.4 Å². The highest BCUT2D eigenvalue weighted by atomic mass is 32.1. The first-order valence-corrected chi connectivity index (χ1v) is 3.19. The fourth-order valence-corrected chi connectivity index (χ4v) is 0.422. The standard InChI is InChI=1S/C7H11NS/c1-8(2)6-4-3-5-7-9/h3-7H,1-2H3/b5-3-,6-4-. The summed E-state index contributed by atoms with van der Waals surface area (Å²) < 4.78 is 0. The Hall–Kier alpha value is -0.630. The quantitative estimate of drug-likeness (QED) is 0.334. The van der Waals surface area contributed by atoms with E-state index in [1.165, 1.54) is 0 Å². The van der Waals surface area contributed by atoms with E-state index in [1.54, 1.807) is 5.37 Å². The molecule has 0 radical (unpaired) electrons. The van der Waals surface area contributed by atoms with Gasteiger partial charge in [0.1, 0.15) is 0 Å². The number of hydrogen-bond donors (Lipinski definition) is 0. The van der Waals surface area contributed by atoms with E-state index in [0.717, 1.165) is 0 Å². The van der Waals surface area contributed by atoms with Gasteiger partial charge in [0.05, 0.1) is 0 Å². The van der Waals surface area contributed by atoms with Crippen molar-refractivity contribution in [2.24, 2.45) is 0 Å². The lowest BCUT2D eigenvalue weighted by Gasteiger charge is -2.00. The summed E-state index contributed by atoms with van der Waals surface area (Å²) in [6, 6.07) is 0. The minimum atomic E-state index is 1.58. The molecule has 0 aromatic carbocycles. The van der Waals surface area contributed by atoms with Crippen LogP contribution in [0.15, 0.2) is 24.4 Å². The maximum absolute atomic E-state index is 4.57. The van der Waals surface area contributed by atoms with E-state index in [-0.39, 0.29) is 0 Å². The number of allylic oxidation sites excluding steroid dienone is 3. The molecule has 0 aromatic heterocycles. The molecule has 0 amide bonds. The number of rotatable bonds is 3. The van der Waals surface area contributed by atoms with Crippen LogP contribution in [0, 0.1) is 0 Å². The van der Waals surface area contributed by atoms with Crippen LogP contribution in [0.5, 0.6) is 0 Å². The molecule has 0 unspecified atom stereocenters. The zero-order valence-corrected chi connectivity index (χ0v) is 6.56. The summed E-state index contributed by atoms with van der Waals surface area (Å²) in [6.07, 6.45) is 7.60. The third kappa shape index (κ3) is 7.37. The van der Waals surface area contributed by atoms with Crippen LogP contribution >= 0.6 is 12.2 Å². The third-order valence-electron chi connectivity index (χ3n) is 0.685. The van der Waals surface area contributed by atoms with Crippen molar-refractivity contribution in [2.75, 3.05) is 14.1 Å². The molecule has 0 fully saturated rings. The van der Waals surface area contributed by atoms with Gasteiger partial charge in [-0.2, -0.15) is 0 Å². The zero-order valence-electron chi connectivity index (χ0n) is 5.74. The molecule has 0 aliphatic heterocycles. The van der Waals surface area contributed by atoms with Gasteiger partial charge in [-0.3, -0.25) is 0 Å². The third-order valence-corrected chi connectivity index (χ3v) is 0.842. The summed E-state index contributed by atoms with van der Waals surface area (Å²) in [6.45, 7) is 0. The summed E-state index contributed by atoms with van der Waals surface area (Å²) >= 11 is 4.57. The van der Waals surface area contributed by atoms with Crippen LogP contribution in [0.4, 0.5) is 0 Å². The lowest BCUT2D eigenvalue weighted by molar-refractivity contribution is 0.564. The first kappa shape index (κ1) is 8.37. The molecular formula is C7H11NS. The molecule has 0 saturated heterocycles. The Morgan fingerprint density at radius 3 is 2.22 bits per heavy atom. The van der Waals surface area contributed by atoms with Crippen molar-refractivity contribution in [3.8, 4) is 0 Å². The Morgan fingerprint density at radius 2 is 1.78 bits per heavy atom. The number of nitrogens with zero attached hydrogens (tertiary/aromatic N) is 1. The Labute approximate surface area is 61.7 Å². The molecule has 0 saturated carbocycles. The molecule has 0 rings (SSSR count). The molecule has 1 nitrogen and oxygen atoms in total. The minimum Gasteiger partial charge on any atom is -0.383 e. The SMILES string of the molecule is CN(C)/C=C\C=C/C=S. The molecular weight excluding hydrogens is 130 g/mol. The summed E-state index contributed by atoms with van der Waals surface area (Å²) in [5.74, 6) is 0. The molecule has 0 bridgehead atoms. The van der Waals surface area contributed by atoms with E-state index in [0.29, 0.717) is 0 Å². The van der Waals surface area contributed by atoms with Crippen LogP contribution in [0.2, 0.25) is 0 Å². The first-order valence-electron chi connectivity index (χ1n) is 2.72. The van der Waals surface area contributed by atoms with Gasteiger partial charge in [0.25, 0.3) is 0 Å². The topological polar surface area (TPSA) is 3.24 Å². The molecule has 0 N–H and O–H groups in total. The van der Waals surface area contributed by atoms with Crippen LogP contribution in [-0.2, 0) is 0 Å². The van der Waals surface area contributed by atoms with Crippen molar-refractivity contribution in [3.63, 3.8) is 0 Å². The van der Waals surface area contributed by atoms with E-state index in [4.69, 9.17) is 0 Å². The highest BCUT2D eigenvalue weighted by Gasteiger charge is 1.69. The largest absolute Gasteiger partial charge is 0.383 e. The summed E-state index contributed by atoms with van der Waals surface area (Å²) in [5.41, 5.74) is 0. The van der Waals surface area contributed by atoms with Crippen LogP contribution < -0.4 is 0 Å². The molecule has 0 aliphatic carbocycles. The maximum atomic E-state index is 4.57. The van der Waals surface area contributed by atoms with Gasteiger partial charge >= 0.3 is 0 Å². The molecule has 0 atom stereocenters. The average Bonchev–Trinajstić information content (AvgIpc) is 1.80. The average molecular weight is 141 g/mol. The van der Waals surface area contributed by atoms with Crippen LogP contribution in [0.1, 0.15) is 0 Å². The Bertz CT molecular complexity index is 125. The van der Waals surface area contributed by atoms with Crippen LogP contribution in [0.25, 0.3) is 0 Å². The summed E-state index contributed by atoms with van der Waals surface area (Å²) in [7, 11) is 3.95. The van der Waals surface area contributed by atoms with E-state index in [2.05, 4.69) is 12.2 Å². The maximum Gasteiger partial charge on any atom is 0.00556 e. The van der Waals surface area contributed by atoms with Crippen molar-refractivity contribution >= 4 is 17.6 Å². The molecule has 2 heteroatoms. The Balaban J connectivity index is 3.46. The lowest BCUT2D eigenvalue weighted by Crippen LogP contribution is -1.99. The Kier molecular flexibility index (Phi) is 5.12. The van der Waals surface area contributed by atoms with Gasteiger partial charge in [-0.05, 0) is 12.3 Å². The van der Waals surface area contributed by atoms with Crippen molar-refractivity contribution < 1.29 is 0 Å². The minimum absolute atomic E-state index is 1.58. The van der Waals surface area contributed by atoms with Crippen molar-refractivity contribution in [2.45, 2.75) is 0 Å². The Morgan fingerprint density at radius 1 is 1.11 bits per heavy atom. The highest BCUT2D eigenvalue weighted by molar-refractivity contribution is 7.79. The van der Waals surface area contributed by atoms with Crippen LogP contribution in [0.3, 0.4) is 0 Å². The lowest BCUT2D eigenvalue weighted by atomic mass is 10.5. The van der Waals surface area contributed by atoms with E-state index in [9.17, 15) is 0 Å². The van der Waals surface area contributed by atoms with E-state index in [1.807, 2.05) is 43.4 Å². The van der Waals surface area contributed by atoms with Gasteiger partial charge in [-0.25, -0.2) is 0 Å². The molecule has 0 aromatic rings. The molecule has 0 spiro atoms. The fourth-order valence-electron chi connectivity index (χ4n) is 0.331. The summed E-state index contributed by atoms with van der Waals surface area (Å²) in [4.78, 5) is 1.97. The number of hydrogen-bond acceptors (Lipinski definition) is 2. The van der Waals surface area contributed by atoms with E-state index >= 15 is 0 Å². The van der Waals surface area contributed by atoms with Gasteiger partial charge in [0.15, 0.2) is 0 Å². The van der Waals surface area contributed by atoms with Gasteiger partial charge in [-0.15, -0.1) is 0 Å². The van der Waals surface area contributed by atoms with Gasteiger partial charge in [0, 0.05) is 19.5 Å². The number of thiocarbonyl (C=S) groups is 1. The highest BCUT2D eigenvalue weighted by Crippen LogP contribution is 1.78. The first-order chi connectivity index (χ1) is 4.27. The van der Waals surface area contributed by atoms with Crippen LogP contribution in [-0.4, -0.2) is 24.4 Å². The second-order valence-electron chi connectivity index (χ2n) is 1.83. The van der Waals surface area contributed by atoms with Crippen molar-refractivity contribution in [1.29, 1.82) is 0 Å². The second-order valence-corrected chi connectivity index (χ2v) is 2.10. The van der Waals surface area contributed by atoms with E-state index < -0.39 is 0 Å². The molecule has 9 heavy (non-hydrogen) atoms. The second kappa shape index (κ2) is 5.51. The molecule has 0 heterocycles. The fraction of sp³-hybridized carbons (Fsp3) is 0.286. The smallest absolute Gasteiger partial charge is 0.00556 e. The molecule has 50 valence electrons. The van der Waals surface area contributed by atoms with Gasteiger partial charge < -0.3 is 4.90 Å².